The number of rotatable bonds is 6. The third-order valence-electron chi connectivity index (χ3n) is 3.06. The quantitative estimate of drug-likeness (QED) is 0.670. The van der Waals surface area contributed by atoms with E-state index in [0.717, 1.165) is 0 Å². The van der Waals surface area contributed by atoms with Crippen molar-refractivity contribution in [1.29, 1.82) is 0 Å². The summed E-state index contributed by atoms with van der Waals surface area (Å²) in [4.78, 5) is 11.6. The van der Waals surface area contributed by atoms with Gasteiger partial charge in [0.2, 0.25) is 10.0 Å². The molecule has 0 aliphatic heterocycles. The second-order valence-electron chi connectivity index (χ2n) is 4.91. The fraction of sp³-hybridized carbons (Fsp3) is 0.583. The van der Waals surface area contributed by atoms with Crippen molar-refractivity contribution in [3.8, 4) is 0 Å². The number of nitrogens with one attached hydrogen (secondary N) is 2. The Morgan fingerprint density at radius 2 is 2.05 bits per heavy atom. The van der Waals surface area contributed by atoms with Gasteiger partial charge in [0.25, 0.3) is 5.91 Å². The molecule has 1 aromatic heterocycles. The second-order valence-corrected chi connectivity index (χ2v) is 6.62. The summed E-state index contributed by atoms with van der Waals surface area (Å²) in [5.41, 5.74) is 0.248. The Hall–Kier alpha value is -1.38. The van der Waals surface area contributed by atoms with E-state index in [-0.39, 0.29) is 29.0 Å². The average Bonchev–Trinajstić information content (AvgIpc) is 2.77. The van der Waals surface area contributed by atoms with Gasteiger partial charge in [-0.05, 0) is 12.0 Å². The Balaban J connectivity index is 3.08. The molecule has 8 heteroatoms. The maximum absolute atomic E-state index is 12.2. The first kappa shape index (κ1) is 16.7. The van der Waals surface area contributed by atoms with Gasteiger partial charge < -0.3 is 15.0 Å². The minimum absolute atomic E-state index is 0.00213. The van der Waals surface area contributed by atoms with E-state index in [4.69, 9.17) is 0 Å². The van der Waals surface area contributed by atoms with Gasteiger partial charge in [-0.3, -0.25) is 4.79 Å². The van der Waals surface area contributed by atoms with Crippen LogP contribution >= 0.6 is 0 Å². The van der Waals surface area contributed by atoms with E-state index in [1.54, 1.807) is 7.05 Å². The van der Waals surface area contributed by atoms with Crippen LogP contribution in [-0.2, 0) is 17.1 Å². The number of aromatic nitrogens is 1. The van der Waals surface area contributed by atoms with E-state index < -0.39 is 16.1 Å². The lowest BCUT2D eigenvalue weighted by atomic mass is 10.1. The van der Waals surface area contributed by atoms with Crippen LogP contribution in [0.4, 0.5) is 0 Å². The fourth-order valence-corrected chi connectivity index (χ4v) is 3.13. The highest BCUT2D eigenvalue weighted by molar-refractivity contribution is 7.89. The van der Waals surface area contributed by atoms with Gasteiger partial charge in [-0.25, -0.2) is 13.1 Å². The predicted molar refractivity (Wildman–Crippen MR) is 74.8 cm³/mol. The van der Waals surface area contributed by atoms with Gasteiger partial charge >= 0.3 is 0 Å². The highest BCUT2D eigenvalue weighted by Gasteiger charge is 2.24. The van der Waals surface area contributed by atoms with Gasteiger partial charge in [-0.1, -0.05) is 13.8 Å². The van der Waals surface area contributed by atoms with Crippen molar-refractivity contribution in [3.63, 3.8) is 0 Å². The standard InChI is InChI=1S/C12H21N3O4S/c1-8(2)10(7-16)14-20(18,19)9-5-11(12(17)13-3)15(4)6-9/h5-6,8,10,14,16H,7H2,1-4H3,(H,13,17). The maximum atomic E-state index is 12.2. The lowest BCUT2D eigenvalue weighted by molar-refractivity contribution is 0.0955. The van der Waals surface area contributed by atoms with Crippen molar-refractivity contribution in [1.82, 2.24) is 14.6 Å². The van der Waals surface area contributed by atoms with Gasteiger partial charge in [-0.2, -0.15) is 0 Å². The monoisotopic (exact) mass is 303 g/mol. The summed E-state index contributed by atoms with van der Waals surface area (Å²) >= 11 is 0. The molecule has 7 nitrogen and oxygen atoms in total. The summed E-state index contributed by atoms with van der Waals surface area (Å²) in [6.45, 7) is 3.33. The summed E-state index contributed by atoms with van der Waals surface area (Å²) in [6, 6.07) is 0.735. The number of carbonyl (C=O) groups excluding carboxylic acids is 1. The Morgan fingerprint density at radius 1 is 1.45 bits per heavy atom. The number of hydrogen-bond donors (Lipinski definition) is 3. The van der Waals surface area contributed by atoms with Crippen molar-refractivity contribution >= 4 is 15.9 Å². The van der Waals surface area contributed by atoms with E-state index in [0.29, 0.717) is 0 Å². The third-order valence-corrected chi connectivity index (χ3v) is 4.51. The molecule has 0 radical (unpaired) electrons. The van der Waals surface area contributed by atoms with Gasteiger partial charge in [0, 0.05) is 26.3 Å². The summed E-state index contributed by atoms with van der Waals surface area (Å²) in [5, 5.41) is 11.6. The van der Waals surface area contributed by atoms with Gasteiger partial charge in [-0.15, -0.1) is 0 Å². The lowest BCUT2D eigenvalue weighted by Gasteiger charge is -2.19. The molecule has 1 aromatic rings. The zero-order chi connectivity index (χ0) is 15.5. The zero-order valence-corrected chi connectivity index (χ0v) is 12.9. The molecule has 1 unspecified atom stereocenters. The van der Waals surface area contributed by atoms with Gasteiger partial charge in [0.15, 0.2) is 0 Å². The summed E-state index contributed by atoms with van der Waals surface area (Å²) < 4.78 is 28.3. The molecule has 114 valence electrons. The summed E-state index contributed by atoms with van der Waals surface area (Å²) in [7, 11) is -0.704. The highest BCUT2D eigenvalue weighted by Crippen LogP contribution is 2.15. The SMILES string of the molecule is CNC(=O)c1cc(S(=O)(=O)NC(CO)C(C)C)cn1C. The van der Waals surface area contributed by atoms with Crippen LogP contribution in [0.1, 0.15) is 24.3 Å². The molecular formula is C12H21N3O4S. The maximum Gasteiger partial charge on any atom is 0.267 e. The number of sulfonamides is 1. The van der Waals surface area contributed by atoms with Crippen LogP contribution < -0.4 is 10.0 Å². The Bertz CT molecular complexity index is 578. The molecule has 1 heterocycles. The van der Waals surface area contributed by atoms with Crippen LogP contribution in [-0.4, -0.2) is 43.7 Å². The van der Waals surface area contributed by atoms with E-state index in [2.05, 4.69) is 10.0 Å². The third kappa shape index (κ3) is 3.59. The predicted octanol–water partition coefficient (Wildman–Crippen LogP) is -0.320. The topological polar surface area (TPSA) is 100 Å². The van der Waals surface area contributed by atoms with E-state index in [1.807, 2.05) is 13.8 Å². The minimum atomic E-state index is -3.77. The normalized spacial score (nSPS) is 13.5. The molecule has 3 N–H and O–H groups in total. The number of nitrogens with zero attached hydrogens (tertiary/aromatic N) is 1. The van der Waals surface area contributed by atoms with Crippen LogP contribution in [0, 0.1) is 5.92 Å². The number of amides is 1. The smallest absolute Gasteiger partial charge is 0.267 e. The number of hydrogen-bond acceptors (Lipinski definition) is 4. The van der Waals surface area contributed by atoms with Gasteiger partial charge in [0.1, 0.15) is 10.6 Å². The van der Waals surface area contributed by atoms with Crippen molar-refractivity contribution in [2.24, 2.45) is 13.0 Å². The van der Waals surface area contributed by atoms with Crippen molar-refractivity contribution in [3.05, 3.63) is 18.0 Å². The molecule has 0 aromatic carbocycles. The van der Waals surface area contributed by atoms with E-state index in [9.17, 15) is 18.3 Å². The molecule has 1 rings (SSSR count). The van der Waals surface area contributed by atoms with Crippen LogP contribution in [0.3, 0.4) is 0 Å². The Kier molecular flexibility index (Phi) is 5.32. The van der Waals surface area contributed by atoms with Crippen molar-refractivity contribution in [2.75, 3.05) is 13.7 Å². The van der Waals surface area contributed by atoms with Crippen molar-refractivity contribution in [2.45, 2.75) is 24.8 Å². The first-order valence-corrected chi connectivity index (χ1v) is 7.73. The largest absolute Gasteiger partial charge is 0.395 e. The van der Waals surface area contributed by atoms with E-state index in [1.165, 1.54) is 23.9 Å². The molecular weight excluding hydrogens is 282 g/mol. The first-order chi connectivity index (χ1) is 9.22. The second kappa shape index (κ2) is 6.38. The zero-order valence-electron chi connectivity index (χ0n) is 12.0. The molecule has 1 amide bonds. The van der Waals surface area contributed by atoms with E-state index >= 15 is 0 Å². The Labute approximate surface area is 119 Å². The molecule has 0 spiro atoms. The number of carbonyl (C=O) groups is 1. The van der Waals surface area contributed by atoms with Crippen molar-refractivity contribution < 1.29 is 18.3 Å². The average molecular weight is 303 g/mol. The van der Waals surface area contributed by atoms with Crippen LogP contribution in [0.5, 0.6) is 0 Å². The molecule has 0 aliphatic rings. The van der Waals surface area contributed by atoms with Crippen LogP contribution in [0.2, 0.25) is 0 Å². The molecule has 0 saturated carbocycles. The summed E-state index contributed by atoms with van der Waals surface area (Å²) in [6.07, 6.45) is 1.36. The molecule has 0 bridgehead atoms. The first-order valence-electron chi connectivity index (χ1n) is 6.24. The number of aliphatic hydroxyl groups is 1. The van der Waals surface area contributed by atoms with Crippen LogP contribution in [0.25, 0.3) is 0 Å². The lowest BCUT2D eigenvalue weighted by Crippen LogP contribution is -2.40. The molecule has 0 aliphatic carbocycles. The van der Waals surface area contributed by atoms with Gasteiger partial charge in [0.05, 0.1) is 6.61 Å². The number of aryl methyl sites for hydroxylation is 1. The number of aliphatic hydroxyl groups excluding tert-OH is 1. The molecule has 0 saturated heterocycles. The summed E-state index contributed by atoms with van der Waals surface area (Å²) in [5.74, 6) is -0.409. The minimum Gasteiger partial charge on any atom is -0.395 e. The van der Waals surface area contributed by atoms with Crippen LogP contribution in [0.15, 0.2) is 17.2 Å². The molecule has 0 fully saturated rings. The molecule has 20 heavy (non-hydrogen) atoms. The fourth-order valence-electron chi connectivity index (χ4n) is 1.69. The molecule has 1 atom stereocenters. The Morgan fingerprint density at radius 3 is 2.50 bits per heavy atom. The highest BCUT2D eigenvalue weighted by atomic mass is 32.2.